The minimum atomic E-state index is -0.432. The van der Waals surface area contributed by atoms with E-state index in [1.54, 1.807) is 0 Å². The molecule has 0 amide bonds. The summed E-state index contributed by atoms with van der Waals surface area (Å²) in [6.45, 7) is 12.7. The monoisotopic (exact) mass is 303 g/mol. The van der Waals surface area contributed by atoms with Gasteiger partial charge in [-0.2, -0.15) is 0 Å². The molecular formula is C17H37NO3. The molecule has 21 heavy (non-hydrogen) atoms. The third-order valence-electron chi connectivity index (χ3n) is 3.46. The average molecular weight is 303 g/mol. The number of ether oxygens (including phenoxy) is 2. The Morgan fingerprint density at radius 3 is 2.43 bits per heavy atom. The number of hydrogen-bond donors (Lipinski definition) is 2. The molecule has 0 saturated heterocycles. The number of aliphatic hydroxyl groups is 1. The van der Waals surface area contributed by atoms with Crippen molar-refractivity contribution in [3.05, 3.63) is 0 Å². The van der Waals surface area contributed by atoms with E-state index in [9.17, 15) is 5.11 Å². The van der Waals surface area contributed by atoms with Gasteiger partial charge in [0.05, 0.1) is 19.3 Å². The highest BCUT2D eigenvalue weighted by molar-refractivity contribution is 4.60. The Labute approximate surface area is 131 Å². The highest BCUT2D eigenvalue weighted by Crippen LogP contribution is 2.12. The van der Waals surface area contributed by atoms with Crippen LogP contribution in [0.4, 0.5) is 0 Å². The van der Waals surface area contributed by atoms with Gasteiger partial charge in [-0.25, -0.2) is 0 Å². The number of unbranched alkanes of at least 4 members (excludes halogenated alkanes) is 1. The lowest BCUT2D eigenvalue weighted by molar-refractivity contribution is 0.0183. The third kappa shape index (κ3) is 14.5. The summed E-state index contributed by atoms with van der Waals surface area (Å²) in [5.41, 5.74) is 0. The second kappa shape index (κ2) is 14.8. The first-order chi connectivity index (χ1) is 10.1. The Morgan fingerprint density at radius 2 is 1.81 bits per heavy atom. The lowest BCUT2D eigenvalue weighted by Gasteiger charge is -2.17. The van der Waals surface area contributed by atoms with E-state index < -0.39 is 6.10 Å². The topological polar surface area (TPSA) is 50.7 Å². The molecule has 0 saturated carbocycles. The molecule has 0 rings (SSSR count). The molecule has 0 bridgehead atoms. The zero-order valence-electron chi connectivity index (χ0n) is 14.6. The summed E-state index contributed by atoms with van der Waals surface area (Å²) in [4.78, 5) is 0. The highest BCUT2D eigenvalue weighted by atomic mass is 16.5. The van der Waals surface area contributed by atoms with E-state index in [4.69, 9.17) is 9.47 Å². The third-order valence-corrected chi connectivity index (χ3v) is 3.46. The van der Waals surface area contributed by atoms with Crippen molar-refractivity contribution in [1.29, 1.82) is 0 Å². The van der Waals surface area contributed by atoms with Gasteiger partial charge in [0, 0.05) is 26.3 Å². The predicted molar refractivity (Wildman–Crippen MR) is 88.7 cm³/mol. The molecule has 4 heteroatoms. The molecule has 2 unspecified atom stereocenters. The van der Waals surface area contributed by atoms with Gasteiger partial charge in [0.15, 0.2) is 0 Å². The van der Waals surface area contributed by atoms with Gasteiger partial charge in [0.2, 0.25) is 0 Å². The molecule has 2 atom stereocenters. The van der Waals surface area contributed by atoms with Crippen molar-refractivity contribution in [1.82, 2.24) is 5.32 Å². The Kier molecular flexibility index (Phi) is 14.7. The van der Waals surface area contributed by atoms with Gasteiger partial charge >= 0.3 is 0 Å². The molecule has 4 nitrogen and oxygen atoms in total. The maximum absolute atomic E-state index is 9.83. The maximum atomic E-state index is 9.83. The zero-order valence-corrected chi connectivity index (χ0v) is 14.6. The lowest BCUT2D eigenvalue weighted by atomic mass is 10.0. The van der Waals surface area contributed by atoms with Crippen LogP contribution in [0.1, 0.15) is 53.4 Å². The maximum Gasteiger partial charge on any atom is 0.0897 e. The quantitative estimate of drug-likeness (QED) is 0.457. The minimum Gasteiger partial charge on any atom is -0.389 e. The summed E-state index contributed by atoms with van der Waals surface area (Å²) in [6.07, 6.45) is 4.46. The molecule has 0 fully saturated rings. The van der Waals surface area contributed by atoms with E-state index in [0.29, 0.717) is 31.6 Å². The zero-order chi connectivity index (χ0) is 15.9. The van der Waals surface area contributed by atoms with Crippen LogP contribution >= 0.6 is 0 Å². The number of nitrogens with one attached hydrogen (secondary N) is 1. The number of aliphatic hydroxyl groups excluding tert-OH is 1. The van der Waals surface area contributed by atoms with Crippen molar-refractivity contribution >= 4 is 0 Å². The standard InChI is InChI=1S/C17H37NO3/c1-5-7-8-16(6-2)13-21-14-17(19)11-18-9-10-20-12-15(3)4/h15-19H,5-14H2,1-4H3. The van der Waals surface area contributed by atoms with Crippen LogP contribution in [-0.2, 0) is 9.47 Å². The van der Waals surface area contributed by atoms with Gasteiger partial charge in [0.25, 0.3) is 0 Å². The molecule has 0 aromatic heterocycles. The second-order valence-corrected chi connectivity index (χ2v) is 6.28. The minimum absolute atomic E-state index is 0.419. The molecule has 0 aliphatic carbocycles. The Hall–Kier alpha value is -0.160. The molecular weight excluding hydrogens is 266 g/mol. The van der Waals surface area contributed by atoms with Crippen molar-refractivity contribution in [2.24, 2.45) is 11.8 Å². The van der Waals surface area contributed by atoms with E-state index in [1.807, 2.05) is 0 Å². The molecule has 0 radical (unpaired) electrons. The van der Waals surface area contributed by atoms with E-state index in [1.165, 1.54) is 19.3 Å². The van der Waals surface area contributed by atoms with Crippen LogP contribution in [-0.4, -0.2) is 50.7 Å². The van der Waals surface area contributed by atoms with E-state index in [0.717, 1.165) is 26.2 Å². The number of hydrogen-bond acceptors (Lipinski definition) is 4. The molecule has 128 valence electrons. The summed E-state index contributed by atoms with van der Waals surface area (Å²) in [5, 5.41) is 13.0. The molecule has 0 aromatic carbocycles. The molecule has 0 aliphatic heterocycles. The van der Waals surface area contributed by atoms with Crippen LogP contribution in [0.3, 0.4) is 0 Å². The van der Waals surface area contributed by atoms with Gasteiger partial charge < -0.3 is 19.9 Å². The van der Waals surface area contributed by atoms with E-state index >= 15 is 0 Å². The van der Waals surface area contributed by atoms with E-state index in [2.05, 4.69) is 33.0 Å². The number of rotatable bonds is 15. The van der Waals surface area contributed by atoms with Crippen LogP contribution in [0.15, 0.2) is 0 Å². The smallest absolute Gasteiger partial charge is 0.0897 e. The first-order valence-electron chi connectivity index (χ1n) is 8.64. The second-order valence-electron chi connectivity index (χ2n) is 6.28. The van der Waals surface area contributed by atoms with Crippen molar-refractivity contribution in [3.63, 3.8) is 0 Å². The molecule has 0 spiro atoms. The van der Waals surface area contributed by atoms with Gasteiger partial charge in [-0.3, -0.25) is 0 Å². The molecule has 0 aliphatic rings. The summed E-state index contributed by atoms with van der Waals surface area (Å²) in [7, 11) is 0. The average Bonchev–Trinajstić information content (AvgIpc) is 2.46. The van der Waals surface area contributed by atoms with Crippen molar-refractivity contribution < 1.29 is 14.6 Å². The van der Waals surface area contributed by atoms with Crippen LogP contribution in [0.25, 0.3) is 0 Å². The van der Waals surface area contributed by atoms with E-state index in [-0.39, 0.29) is 0 Å². The predicted octanol–water partition coefficient (Wildman–Crippen LogP) is 2.84. The summed E-state index contributed by atoms with van der Waals surface area (Å²) in [5.74, 6) is 1.21. The molecule has 0 aromatic rings. The summed E-state index contributed by atoms with van der Waals surface area (Å²) >= 11 is 0. The SMILES string of the molecule is CCCCC(CC)COCC(O)CNCCOCC(C)C. The van der Waals surface area contributed by atoms with Gasteiger partial charge in [0.1, 0.15) is 0 Å². The normalized spacial score (nSPS) is 14.6. The highest BCUT2D eigenvalue weighted by Gasteiger charge is 2.08. The Balaban J connectivity index is 3.42. The van der Waals surface area contributed by atoms with Crippen molar-refractivity contribution in [3.8, 4) is 0 Å². The van der Waals surface area contributed by atoms with Crippen molar-refractivity contribution in [2.45, 2.75) is 59.5 Å². The van der Waals surface area contributed by atoms with Gasteiger partial charge in [-0.05, 0) is 18.3 Å². The first-order valence-corrected chi connectivity index (χ1v) is 8.64. The Morgan fingerprint density at radius 1 is 1.05 bits per heavy atom. The first kappa shape index (κ1) is 20.8. The Bertz CT molecular complexity index is 212. The fourth-order valence-electron chi connectivity index (χ4n) is 2.06. The van der Waals surface area contributed by atoms with Crippen LogP contribution in [0.2, 0.25) is 0 Å². The summed E-state index contributed by atoms with van der Waals surface area (Å²) < 4.78 is 11.1. The summed E-state index contributed by atoms with van der Waals surface area (Å²) in [6, 6.07) is 0. The van der Waals surface area contributed by atoms with Gasteiger partial charge in [-0.1, -0.05) is 47.0 Å². The molecule has 0 heterocycles. The fourth-order valence-corrected chi connectivity index (χ4v) is 2.06. The lowest BCUT2D eigenvalue weighted by Crippen LogP contribution is -2.33. The molecule has 2 N–H and O–H groups in total. The largest absolute Gasteiger partial charge is 0.389 e. The van der Waals surface area contributed by atoms with Crippen LogP contribution < -0.4 is 5.32 Å². The van der Waals surface area contributed by atoms with Gasteiger partial charge in [-0.15, -0.1) is 0 Å². The fraction of sp³-hybridized carbons (Fsp3) is 1.00. The van der Waals surface area contributed by atoms with Crippen LogP contribution in [0, 0.1) is 11.8 Å². The van der Waals surface area contributed by atoms with Crippen LogP contribution in [0.5, 0.6) is 0 Å². The van der Waals surface area contributed by atoms with Crippen molar-refractivity contribution in [2.75, 3.05) is 39.5 Å².